The lowest BCUT2D eigenvalue weighted by atomic mass is 10.2. The first-order valence-electron chi connectivity index (χ1n) is 5.67. The summed E-state index contributed by atoms with van der Waals surface area (Å²) in [5, 5.41) is 7.02. The average molecular weight is 311 g/mol. The third-order valence-electron chi connectivity index (χ3n) is 3.02. The number of hydrogen-bond donors (Lipinski definition) is 1. The van der Waals surface area contributed by atoms with Crippen LogP contribution in [0.1, 0.15) is 17.7 Å². The van der Waals surface area contributed by atoms with Gasteiger partial charge in [-0.3, -0.25) is 0 Å². The molecule has 0 radical (unpaired) electrons. The van der Waals surface area contributed by atoms with Crippen molar-refractivity contribution in [2.24, 2.45) is 0 Å². The summed E-state index contributed by atoms with van der Waals surface area (Å²) >= 11 is 1.80. The van der Waals surface area contributed by atoms with E-state index in [2.05, 4.69) is 46.5 Å². The van der Waals surface area contributed by atoms with Gasteiger partial charge in [0.2, 0.25) is 0 Å². The minimum atomic E-state index is 0. The molecule has 0 unspecified atom stereocenters. The van der Waals surface area contributed by atoms with Gasteiger partial charge < -0.3 is 17.0 Å². The summed E-state index contributed by atoms with van der Waals surface area (Å²) in [5.41, 5.74) is 3.95. The zero-order valence-corrected chi connectivity index (χ0v) is 12.1. The van der Waals surface area contributed by atoms with Crippen LogP contribution in [0.5, 0.6) is 0 Å². The van der Waals surface area contributed by atoms with Crippen molar-refractivity contribution in [1.29, 1.82) is 0 Å². The first kappa shape index (κ1) is 12.6. The zero-order chi connectivity index (χ0) is 11.0. The fraction of sp³-hybridized carbons (Fsp3) is 0.308. The van der Waals surface area contributed by atoms with Crippen LogP contribution >= 0.6 is 11.3 Å². The van der Waals surface area contributed by atoms with Gasteiger partial charge in [-0.1, -0.05) is 29.0 Å². The molecule has 1 aliphatic heterocycles. The molecule has 2 heterocycles. The first-order valence-corrected chi connectivity index (χ1v) is 6.55. The second kappa shape index (κ2) is 5.19. The molecule has 3 rings (SSSR count). The number of rotatable bonds is 2. The molecule has 0 amide bonds. The van der Waals surface area contributed by atoms with Crippen LogP contribution in [0.4, 0.5) is 10.8 Å². The van der Waals surface area contributed by atoms with Gasteiger partial charge in [-0.05, 0) is 25.5 Å². The van der Waals surface area contributed by atoms with Gasteiger partial charge in [0.1, 0.15) is 11.4 Å². The van der Waals surface area contributed by atoms with Crippen molar-refractivity contribution in [3.05, 3.63) is 40.9 Å². The van der Waals surface area contributed by atoms with E-state index in [9.17, 15) is 0 Å². The van der Waals surface area contributed by atoms with Crippen molar-refractivity contribution in [1.82, 2.24) is 0 Å². The fourth-order valence-electron chi connectivity index (χ4n) is 2.10. The van der Waals surface area contributed by atoms with Crippen LogP contribution in [0.25, 0.3) is 0 Å². The molecule has 0 fully saturated rings. The predicted octanol–water partition coefficient (Wildman–Crippen LogP) is 0.0378. The van der Waals surface area contributed by atoms with Gasteiger partial charge >= 0.3 is 5.13 Å². The number of benzene rings is 1. The number of aryl methyl sites for hydroxylation is 2. The quantitative estimate of drug-likeness (QED) is 0.775. The maximum Gasteiger partial charge on any atom is 0.339 e. The second-order valence-corrected chi connectivity index (χ2v) is 5.14. The highest BCUT2D eigenvalue weighted by molar-refractivity contribution is 7.13. The lowest BCUT2D eigenvalue weighted by Gasteiger charge is -1.99. The minimum Gasteiger partial charge on any atom is -1.00 e. The molecule has 4 heteroatoms. The number of halogens is 1. The van der Waals surface area contributed by atoms with Crippen molar-refractivity contribution in [3.8, 4) is 0 Å². The molecule has 0 spiro atoms. The summed E-state index contributed by atoms with van der Waals surface area (Å²) in [6.45, 7) is 3.27. The summed E-state index contributed by atoms with van der Waals surface area (Å²) in [5.74, 6) is 0. The lowest BCUT2D eigenvalue weighted by Crippen LogP contribution is -3.00. The third-order valence-corrected chi connectivity index (χ3v) is 3.95. The minimum absolute atomic E-state index is 0. The van der Waals surface area contributed by atoms with E-state index in [0.717, 1.165) is 6.54 Å². The van der Waals surface area contributed by atoms with Crippen molar-refractivity contribution in [2.75, 3.05) is 5.32 Å². The summed E-state index contributed by atoms with van der Waals surface area (Å²) in [7, 11) is 0. The Bertz CT molecular complexity index is 505. The Morgan fingerprint density at radius 2 is 2.00 bits per heavy atom. The molecule has 1 aromatic heterocycles. The fourth-order valence-corrected chi connectivity index (χ4v) is 3.10. The molecule has 0 bridgehead atoms. The second-order valence-electron chi connectivity index (χ2n) is 4.28. The summed E-state index contributed by atoms with van der Waals surface area (Å²) < 4.78 is 2.39. The Balaban J connectivity index is 0.00000108. The molecule has 2 nitrogen and oxygen atoms in total. The monoisotopic (exact) mass is 310 g/mol. The Kier molecular flexibility index (Phi) is 3.84. The first-order chi connectivity index (χ1) is 7.83. The highest BCUT2D eigenvalue weighted by atomic mass is 79.9. The molecule has 17 heavy (non-hydrogen) atoms. The van der Waals surface area contributed by atoms with Gasteiger partial charge in [0.15, 0.2) is 0 Å². The van der Waals surface area contributed by atoms with Gasteiger partial charge in [-0.2, -0.15) is 0 Å². The van der Waals surface area contributed by atoms with E-state index >= 15 is 0 Å². The average Bonchev–Trinajstić information content (AvgIpc) is 2.86. The van der Waals surface area contributed by atoms with Crippen LogP contribution in [0.2, 0.25) is 0 Å². The number of thiazole rings is 1. The molecule has 0 aliphatic carbocycles. The summed E-state index contributed by atoms with van der Waals surface area (Å²) in [6.07, 6.45) is 2.51. The number of fused-ring (bicyclic) bond motifs is 1. The maximum atomic E-state index is 3.49. The molecule has 1 aromatic carbocycles. The van der Waals surface area contributed by atoms with E-state index < -0.39 is 0 Å². The Hall–Kier alpha value is -0.870. The highest BCUT2D eigenvalue weighted by Crippen LogP contribution is 2.23. The van der Waals surface area contributed by atoms with Gasteiger partial charge in [-0.25, -0.2) is 9.88 Å². The van der Waals surface area contributed by atoms with Crippen LogP contribution in [0, 0.1) is 6.92 Å². The van der Waals surface area contributed by atoms with Gasteiger partial charge in [0.05, 0.1) is 6.54 Å². The molecule has 90 valence electrons. The van der Waals surface area contributed by atoms with E-state index in [1.807, 2.05) is 0 Å². The normalized spacial score (nSPS) is 13.0. The molecule has 2 aromatic rings. The summed E-state index contributed by atoms with van der Waals surface area (Å²) in [4.78, 5) is 0. The van der Waals surface area contributed by atoms with E-state index in [-0.39, 0.29) is 17.0 Å². The van der Waals surface area contributed by atoms with Crippen molar-refractivity contribution < 1.29 is 21.5 Å². The molecule has 1 N–H and O–H groups in total. The smallest absolute Gasteiger partial charge is 0.339 e. The van der Waals surface area contributed by atoms with E-state index in [4.69, 9.17) is 0 Å². The largest absolute Gasteiger partial charge is 1.00 e. The summed E-state index contributed by atoms with van der Waals surface area (Å²) in [6, 6.07) is 8.55. The molecular weight excluding hydrogens is 296 g/mol. The Morgan fingerprint density at radius 1 is 1.24 bits per heavy atom. The van der Waals surface area contributed by atoms with Crippen molar-refractivity contribution >= 4 is 22.2 Å². The third kappa shape index (κ3) is 2.53. The molecule has 1 aliphatic rings. The van der Waals surface area contributed by atoms with Crippen molar-refractivity contribution in [3.63, 3.8) is 0 Å². The van der Waals surface area contributed by atoms with Crippen LogP contribution in [-0.4, -0.2) is 0 Å². The van der Waals surface area contributed by atoms with Gasteiger partial charge in [0, 0.05) is 11.8 Å². The Labute approximate surface area is 116 Å². The van der Waals surface area contributed by atoms with Gasteiger partial charge in [-0.15, -0.1) is 0 Å². The molecular formula is C13H15BrN2S. The van der Waals surface area contributed by atoms with Gasteiger partial charge in [0.25, 0.3) is 0 Å². The molecule has 0 atom stereocenters. The van der Waals surface area contributed by atoms with Crippen LogP contribution < -0.4 is 26.9 Å². The number of aromatic nitrogens is 1. The molecule has 0 saturated heterocycles. The number of nitrogens with zero attached hydrogens (tertiary/aromatic N) is 1. The number of nitrogens with one attached hydrogen (secondary N) is 1. The van der Waals surface area contributed by atoms with E-state index in [1.54, 1.807) is 11.3 Å². The van der Waals surface area contributed by atoms with E-state index in [1.165, 1.54) is 34.9 Å². The van der Waals surface area contributed by atoms with Crippen LogP contribution in [0.3, 0.4) is 0 Å². The Morgan fingerprint density at radius 3 is 2.76 bits per heavy atom. The van der Waals surface area contributed by atoms with Crippen LogP contribution in [-0.2, 0) is 13.0 Å². The number of hydrogen-bond acceptors (Lipinski definition) is 2. The lowest BCUT2D eigenvalue weighted by molar-refractivity contribution is -0.672. The van der Waals surface area contributed by atoms with Crippen molar-refractivity contribution in [2.45, 2.75) is 26.3 Å². The standard InChI is InChI=1S/C13H14N2S.BrH/c1-10-4-6-11(7-5-10)14-13-15-8-2-3-12(15)9-16-13;/h4-7,9H,2-3,8H2,1H3;1H. The van der Waals surface area contributed by atoms with E-state index in [0.29, 0.717) is 0 Å². The highest BCUT2D eigenvalue weighted by Gasteiger charge is 2.22. The number of anilines is 2. The topological polar surface area (TPSA) is 15.9 Å². The molecule has 0 saturated carbocycles. The predicted molar refractivity (Wildman–Crippen MR) is 67.3 cm³/mol. The maximum absolute atomic E-state index is 3.49. The zero-order valence-electron chi connectivity index (χ0n) is 9.74. The van der Waals surface area contributed by atoms with Crippen LogP contribution in [0.15, 0.2) is 29.6 Å². The SMILES string of the molecule is Cc1ccc(Nc2scc3[n+]2CCC3)cc1.[Br-].